The van der Waals surface area contributed by atoms with Gasteiger partial charge in [-0.1, -0.05) is 18.2 Å². The fraction of sp³-hybridized carbons (Fsp3) is 0.458. The van der Waals surface area contributed by atoms with Crippen LogP contribution in [0, 0.1) is 0 Å². The minimum absolute atomic E-state index is 0.120. The van der Waals surface area contributed by atoms with Gasteiger partial charge in [-0.25, -0.2) is 0 Å². The summed E-state index contributed by atoms with van der Waals surface area (Å²) >= 11 is 0. The monoisotopic (exact) mass is 425 g/mol. The van der Waals surface area contributed by atoms with Gasteiger partial charge in [0.2, 0.25) is 0 Å². The van der Waals surface area contributed by atoms with Crippen LogP contribution < -0.4 is 14.4 Å². The van der Waals surface area contributed by atoms with Crippen LogP contribution in [-0.2, 0) is 4.74 Å². The first-order valence-electron chi connectivity index (χ1n) is 10.9. The van der Waals surface area contributed by atoms with E-state index in [9.17, 15) is 4.79 Å². The van der Waals surface area contributed by atoms with E-state index in [1.165, 1.54) is 0 Å². The molecule has 0 aromatic heterocycles. The van der Waals surface area contributed by atoms with Crippen LogP contribution in [0.5, 0.6) is 11.5 Å². The Kier molecular flexibility index (Phi) is 7.27. The molecule has 2 aromatic carbocycles. The summed E-state index contributed by atoms with van der Waals surface area (Å²) in [6.07, 6.45) is 0. The van der Waals surface area contributed by atoms with Crippen LogP contribution in [0.1, 0.15) is 10.4 Å². The van der Waals surface area contributed by atoms with Gasteiger partial charge < -0.3 is 24.0 Å². The van der Waals surface area contributed by atoms with Crippen molar-refractivity contribution < 1.29 is 19.0 Å². The Hall–Kier alpha value is -2.77. The molecule has 166 valence electrons. The molecule has 0 radical (unpaired) electrons. The molecule has 0 saturated carbocycles. The number of rotatable bonds is 7. The number of para-hydroxylation sites is 1. The van der Waals surface area contributed by atoms with E-state index < -0.39 is 0 Å². The number of hydrogen-bond acceptors (Lipinski definition) is 6. The first kappa shape index (κ1) is 21.5. The SMILES string of the molecule is COc1cccc(OCCN2CCN(C(=O)c3ccccc3N3CCOCC3)CC2)c1. The molecule has 0 spiro atoms. The molecule has 0 unspecified atom stereocenters. The lowest BCUT2D eigenvalue weighted by Crippen LogP contribution is -2.49. The maximum Gasteiger partial charge on any atom is 0.256 e. The number of ether oxygens (including phenoxy) is 3. The van der Waals surface area contributed by atoms with Crippen LogP contribution in [0.15, 0.2) is 48.5 Å². The lowest BCUT2D eigenvalue weighted by atomic mass is 10.1. The summed E-state index contributed by atoms with van der Waals surface area (Å²) in [4.78, 5) is 19.8. The van der Waals surface area contributed by atoms with Gasteiger partial charge >= 0.3 is 0 Å². The first-order chi connectivity index (χ1) is 15.2. The zero-order valence-electron chi connectivity index (χ0n) is 18.2. The molecule has 2 fully saturated rings. The second kappa shape index (κ2) is 10.5. The molecule has 2 saturated heterocycles. The van der Waals surface area contributed by atoms with Crippen molar-refractivity contribution >= 4 is 11.6 Å². The van der Waals surface area contributed by atoms with Crippen LogP contribution >= 0.6 is 0 Å². The van der Waals surface area contributed by atoms with Gasteiger partial charge in [-0.15, -0.1) is 0 Å². The fourth-order valence-corrected chi connectivity index (χ4v) is 4.06. The number of carbonyl (C=O) groups excluding carboxylic acids is 1. The molecule has 2 aliphatic rings. The van der Waals surface area contributed by atoms with Gasteiger partial charge in [-0.3, -0.25) is 9.69 Å². The first-order valence-corrected chi connectivity index (χ1v) is 10.9. The highest BCUT2D eigenvalue weighted by Gasteiger charge is 2.25. The Morgan fingerprint density at radius 2 is 1.68 bits per heavy atom. The zero-order chi connectivity index (χ0) is 21.5. The Balaban J connectivity index is 1.27. The Bertz CT molecular complexity index is 861. The van der Waals surface area contributed by atoms with E-state index in [1.54, 1.807) is 7.11 Å². The number of carbonyl (C=O) groups is 1. The molecular weight excluding hydrogens is 394 g/mol. The standard InChI is InChI=1S/C24H31N3O4/c1-29-20-5-4-6-21(19-20)31-18-13-25-9-11-27(12-10-25)24(28)22-7-2-3-8-23(22)26-14-16-30-17-15-26/h2-8,19H,9-18H2,1H3. The van der Waals surface area contributed by atoms with Crippen LogP contribution in [0.3, 0.4) is 0 Å². The van der Waals surface area contributed by atoms with Gasteiger partial charge in [-0.2, -0.15) is 0 Å². The summed E-state index contributed by atoms with van der Waals surface area (Å²) in [6, 6.07) is 15.6. The normalized spacial score (nSPS) is 17.5. The molecule has 0 aliphatic carbocycles. The summed E-state index contributed by atoms with van der Waals surface area (Å²) in [5, 5.41) is 0. The average Bonchev–Trinajstić information content (AvgIpc) is 2.85. The van der Waals surface area contributed by atoms with Crippen LogP contribution in [0.25, 0.3) is 0 Å². The molecule has 2 aromatic rings. The number of hydrogen-bond donors (Lipinski definition) is 0. The van der Waals surface area contributed by atoms with Crippen molar-refractivity contribution in [2.75, 3.05) is 77.6 Å². The molecule has 7 heteroatoms. The van der Waals surface area contributed by atoms with E-state index in [0.29, 0.717) is 19.8 Å². The number of morpholine rings is 1. The number of benzene rings is 2. The lowest BCUT2D eigenvalue weighted by molar-refractivity contribution is 0.0620. The number of anilines is 1. The predicted octanol–water partition coefficient (Wildman–Crippen LogP) is 2.37. The third-order valence-corrected chi connectivity index (χ3v) is 5.86. The van der Waals surface area contributed by atoms with Gasteiger partial charge in [0.05, 0.1) is 25.9 Å². The van der Waals surface area contributed by atoms with Gasteiger partial charge in [0.25, 0.3) is 5.91 Å². The van der Waals surface area contributed by atoms with Crippen molar-refractivity contribution in [2.45, 2.75) is 0 Å². The number of methoxy groups -OCH3 is 1. The van der Waals surface area contributed by atoms with Gasteiger partial charge in [-0.05, 0) is 24.3 Å². The highest BCUT2D eigenvalue weighted by molar-refractivity contribution is 6.00. The average molecular weight is 426 g/mol. The third-order valence-electron chi connectivity index (χ3n) is 5.86. The molecule has 2 heterocycles. The van der Waals surface area contributed by atoms with Crippen molar-refractivity contribution in [1.29, 1.82) is 0 Å². The molecule has 1 amide bonds. The molecule has 0 N–H and O–H groups in total. The molecule has 0 atom stereocenters. The Morgan fingerprint density at radius 1 is 0.935 bits per heavy atom. The van der Waals surface area contributed by atoms with Gasteiger partial charge in [0.1, 0.15) is 18.1 Å². The minimum Gasteiger partial charge on any atom is -0.497 e. The van der Waals surface area contributed by atoms with Crippen LogP contribution in [-0.4, -0.2) is 88.5 Å². The lowest BCUT2D eigenvalue weighted by Gasteiger charge is -2.36. The van der Waals surface area contributed by atoms with Gasteiger partial charge in [0.15, 0.2) is 0 Å². The zero-order valence-corrected chi connectivity index (χ0v) is 18.2. The highest BCUT2D eigenvalue weighted by atomic mass is 16.5. The maximum atomic E-state index is 13.2. The van der Waals surface area contributed by atoms with E-state index in [4.69, 9.17) is 14.2 Å². The largest absolute Gasteiger partial charge is 0.497 e. The van der Waals surface area contributed by atoms with Gasteiger partial charge in [0, 0.05) is 57.6 Å². The third kappa shape index (κ3) is 5.48. The number of nitrogens with zero attached hydrogens (tertiary/aromatic N) is 3. The summed E-state index contributed by atoms with van der Waals surface area (Å²) in [7, 11) is 1.65. The van der Waals surface area contributed by atoms with E-state index in [-0.39, 0.29) is 5.91 Å². The van der Waals surface area contributed by atoms with E-state index >= 15 is 0 Å². The summed E-state index contributed by atoms with van der Waals surface area (Å²) in [5.41, 5.74) is 1.81. The number of piperazine rings is 1. The topological polar surface area (TPSA) is 54.5 Å². The molecule has 2 aliphatic heterocycles. The van der Waals surface area contributed by atoms with E-state index in [0.717, 1.165) is 68.6 Å². The van der Waals surface area contributed by atoms with Crippen molar-refractivity contribution in [3.8, 4) is 11.5 Å². The molecule has 0 bridgehead atoms. The van der Waals surface area contributed by atoms with Crippen molar-refractivity contribution in [3.63, 3.8) is 0 Å². The smallest absolute Gasteiger partial charge is 0.256 e. The Morgan fingerprint density at radius 3 is 2.45 bits per heavy atom. The molecule has 7 nitrogen and oxygen atoms in total. The molecule has 4 rings (SSSR count). The van der Waals surface area contributed by atoms with Crippen molar-refractivity contribution in [3.05, 3.63) is 54.1 Å². The molecule has 31 heavy (non-hydrogen) atoms. The maximum absolute atomic E-state index is 13.2. The van der Waals surface area contributed by atoms with E-state index in [1.807, 2.05) is 53.4 Å². The quantitative estimate of drug-likeness (QED) is 0.679. The number of amides is 1. The molecular formula is C24H31N3O4. The van der Waals surface area contributed by atoms with E-state index in [2.05, 4.69) is 9.80 Å². The fourth-order valence-electron chi connectivity index (χ4n) is 4.06. The van der Waals surface area contributed by atoms with Crippen LogP contribution in [0.2, 0.25) is 0 Å². The summed E-state index contributed by atoms with van der Waals surface area (Å²) in [6.45, 7) is 7.68. The Labute approximate surface area is 184 Å². The minimum atomic E-state index is 0.120. The van der Waals surface area contributed by atoms with Crippen molar-refractivity contribution in [2.24, 2.45) is 0 Å². The second-order valence-electron chi connectivity index (χ2n) is 7.78. The summed E-state index contributed by atoms with van der Waals surface area (Å²) < 4.78 is 16.6. The highest BCUT2D eigenvalue weighted by Crippen LogP contribution is 2.24. The summed E-state index contributed by atoms with van der Waals surface area (Å²) in [5.74, 6) is 1.73. The van der Waals surface area contributed by atoms with Crippen LogP contribution in [0.4, 0.5) is 5.69 Å². The predicted molar refractivity (Wildman–Crippen MR) is 120 cm³/mol. The van der Waals surface area contributed by atoms with Crippen molar-refractivity contribution in [1.82, 2.24) is 9.80 Å². The second-order valence-corrected chi connectivity index (χ2v) is 7.78.